The van der Waals surface area contributed by atoms with Gasteiger partial charge in [-0.15, -0.1) is 0 Å². The molecule has 2 aliphatic heterocycles. The van der Waals surface area contributed by atoms with Crippen molar-refractivity contribution >= 4 is 23.8 Å². The van der Waals surface area contributed by atoms with Gasteiger partial charge in [-0.05, 0) is 84.6 Å². The average Bonchev–Trinajstić information content (AvgIpc) is 3.26. The fourth-order valence-corrected chi connectivity index (χ4v) is 6.40. The van der Waals surface area contributed by atoms with E-state index >= 15 is 0 Å². The third-order valence-corrected chi connectivity index (χ3v) is 8.85. The number of nitrogens with zero attached hydrogens (tertiary/aromatic N) is 2. The van der Waals surface area contributed by atoms with Crippen LogP contribution in [-0.4, -0.2) is 83.1 Å². The van der Waals surface area contributed by atoms with Crippen LogP contribution >= 0.6 is 0 Å². The van der Waals surface area contributed by atoms with E-state index in [1.165, 1.54) is 26.0 Å². The van der Waals surface area contributed by atoms with Crippen LogP contribution in [0.15, 0.2) is 54.6 Å². The summed E-state index contributed by atoms with van der Waals surface area (Å²) in [7, 11) is 0. The first-order chi connectivity index (χ1) is 22.0. The number of hydrogen-bond acceptors (Lipinski definition) is 6. The molecule has 0 saturated carbocycles. The highest BCUT2D eigenvalue weighted by Crippen LogP contribution is 2.50. The van der Waals surface area contributed by atoms with E-state index in [1.54, 1.807) is 37.8 Å². The van der Waals surface area contributed by atoms with Crippen molar-refractivity contribution in [3.63, 3.8) is 0 Å². The molecule has 0 bridgehead atoms. The number of piperidine rings is 1. The molecule has 0 aromatic heterocycles. The normalized spacial score (nSPS) is 20.8. The number of amides is 4. The third-order valence-electron chi connectivity index (χ3n) is 8.85. The predicted molar refractivity (Wildman–Crippen MR) is 176 cm³/mol. The SMILES string of the molecule is CC(C)N1CC(c2ccc(F)cc2)C2(CCCN(C(=O)[C@@H](COCc3ccccc3)NC(=O)C(C)(C)NC(=O)OC(C)(C)C)C2)C1=O. The maximum atomic E-state index is 14.3. The van der Waals surface area contributed by atoms with Crippen LogP contribution in [0, 0.1) is 11.2 Å². The Kier molecular flexibility index (Phi) is 11.0. The van der Waals surface area contributed by atoms with Crippen molar-refractivity contribution in [2.75, 3.05) is 26.2 Å². The molecule has 10 nitrogen and oxygen atoms in total. The lowest BCUT2D eigenvalue weighted by atomic mass is 9.69. The van der Waals surface area contributed by atoms with Gasteiger partial charge in [0.25, 0.3) is 0 Å². The van der Waals surface area contributed by atoms with Gasteiger partial charge in [0.15, 0.2) is 0 Å². The van der Waals surface area contributed by atoms with Crippen LogP contribution < -0.4 is 10.6 Å². The Balaban J connectivity index is 1.58. The zero-order chi connectivity index (χ0) is 34.6. The summed E-state index contributed by atoms with van der Waals surface area (Å²) < 4.78 is 25.2. The molecular formula is C36H49FN4O6. The van der Waals surface area contributed by atoms with E-state index in [1.807, 2.05) is 49.1 Å². The molecule has 2 fully saturated rings. The van der Waals surface area contributed by atoms with E-state index in [4.69, 9.17) is 9.47 Å². The zero-order valence-electron chi connectivity index (χ0n) is 28.6. The van der Waals surface area contributed by atoms with Gasteiger partial charge in [-0.1, -0.05) is 42.5 Å². The smallest absolute Gasteiger partial charge is 0.408 e. The molecule has 2 heterocycles. The monoisotopic (exact) mass is 652 g/mol. The number of hydrogen-bond donors (Lipinski definition) is 2. The molecule has 0 radical (unpaired) electrons. The molecule has 2 N–H and O–H groups in total. The Morgan fingerprint density at radius 3 is 2.30 bits per heavy atom. The highest BCUT2D eigenvalue weighted by atomic mass is 19.1. The largest absolute Gasteiger partial charge is 0.444 e. The predicted octanol–water partition coefficient (Wildman–Crippen LogP) is 4.77. The minimum atomic E-state index is -1.42. The molecule has 256 valence electrons. The van der Waals surface area contributed by atoms with Gasteiger partial charge in [0, 0.05) is 31.6 Å². The number of alkyl carbamates (subject to hydrolysis) is 1. The van der Waals surface area contributed by atoms with Gasteiger partial charge in [-0.25, -0.2) is 9.18 Å². The fourth-order valence-electron chi connectivity index (χ4n) is 6.40. The molecule has 3 atom stereocenters. The van der Waals surface area contributed by atoms with Crippen molar-refractivity contribution in [1.82, 2.24) is 20.4 Å². The number of benzene rings is 2. The van der Waals surface area contributed by atoms with Gasteiger partial charge >= 0.3 is 6.09 Å². The number of rotatable bonds is 10. The fraction of sp³-hybridized carbons (Fsp3) is 0.556. The molecule has 1 spiro atoms. The number of ether oxygens (including phenoxy) is 2. The summed E-state index contributed by atoms with van der Waals surface area (Å²) >= 11 is 0. The van der Waals surface area contributed by atoms with E-state index in [-0.39, 0.29) is 49.3 Å². The standard InChI is InChI=1S/C36H49FN4O6/c1-24(2)41-20-28(26-14-16-27(37)17-15-26)36(32(41)44)18-11-19-40(23-36)30(42)29(22-46-21-25-12-9-8-10-13-25)38-31(43)35(6,7)39-33(45)47-34(3,4)5/h8-10,12-17,24,28-29H,11,18-23H2,1-7H3,(H,38,43)(H,39,45)/t28?,29-,36?/m1/s1. The lowest BCUT2D eigenvalue weighted by molar-refractivity contribution is -0.148. The van der Waals surface area contributed by atoms with Gasteiger partial charge < -0.3 is 29.9 Å². The van der Waals surface area contributed by atoms with Crippen LogP contribution in [0.5, 0.6) is 0 Å². The van der Waals surface area contributed by atoms with Crippen LogP contribution in [0.25, 0.3) is 0 Å². The van der Waals surface area contributed by atoms with Crippen LogP contribution in [0.1, 0.15) is 78.4 Å². The number of halogens is 1. The van der Waals surface area contributed by atoms with E-state index in [0.29, 0.717) is 25.9 Å². The Morgan fingerprint density at radius 1 is 1.02 bits per heavy atom. The van der Waals surface area contributed by atoms with Crippen molar-refractivity contribution in [3.05, 3.63) is 71.5 Å². The zero-order valence-corrected chi connectivity index (χ0v) is 28.6. The Labute approximate surface area is 277 Å². The molecule has 4 rings (SSSR count). The van der Waals surface area contributed by atoms with Crippen molar-refractivity contribution in [1.29, 1.82) is 0 Å². The van der Waals surface area contributed by atoms with E-state index in [9.17, 15) is 23.6 Å². The van der Waals surface area contributed by atoms with Crippen LogP contribution in [0.2, 0.25) is 0 Å². The van der Waals surface area contributed by atoms with Crippen LogP contribution in [0.3, 0.4) is 0 Å². The van der Waals surface area contributed by atoms with Crippen molar-refractivity contribution in [2.24, 2.45) is 5.41 Å². The molecular weight excluding hydrogens is 603 g/mol. The van der Waals surface area contributed by atoms with Gasteiger partial charge in [0.05, 0.1) is 18.6 Å². The number of carbonyl (C=O) groups is 4. The second-order valence-electron chi connectivity index (χ2n) is 14.5. The Morgan fingerprint density at radius 2 is 1.68 bits per heavy atom. The summed E-state index contributed by atoms with van der Waals surface area (Å²) in [5, 5.41) is 5.40. The molecule has 2 saturated heterocycles. The van der Waals surface area contributed by atoms with Crippen LogP contribution in [0.4, 0.5) is 9.18 Å². The van der Waals surface area contributed by atoms with Crippen molar-refractivity contribution in [3.8, 4) is 0 Å². The second kappa shape index (κ2) is 14.4. The van der Waals surface area contributed by atoms with Gasteiger partial charge in [-0.2, -0.15) is 0 Å². The summed E-state index contributed by atoms with van der Waals surface area (Å²) in [6.45, 7) is 13.3. The second-order valence-corrected chi connectivity index (χ2v) is 14.5. The first-order valence-electron chi connectivity index (χ1n) is 16.3. The first kappa shape index (κ1) is 35.9. The first-order valence-corrected chi connectivity index (χ1v) is 16.3. The summed E-state index contributed by atoms with van der Waals surface area (Å²) in [6, 6.07) is 14.6. The molecule has 0 aliphatic carbocycles. The Bertz CT molecular complexity index is 1430. The van der Waals surface area contributed by atoms with Crippen molar-refractivity contribution < 1.29 is 33.0 Å². The minimum absolute atomic E-state index is 0.0251. The molecule has 2 aromatic rings. The molecule has 11 heteroatoms. The maximum Gasteiger partial charge on any atom is 0.408 e. The molecule has 2 aromatic carbocycles. The number of likely N-dealkylation sites (tertiary alicyclic amines) is 2. The number of nitrogens with one attached hydrogen (secondary N) is 2. The molecule has 4 amide bonds. The molecule has 2 unspecified atom stereocenters. The quantitative estimate of drug-likeness (QED) is 0.382. The maximum absolute atomic E-state index is 14.3. The van der Waals surface area contributed by atoms with E-state index < -0.39 is 34.6 Å². The lowest BCUT2D eigenvalue weighted by Crippen LogP contribution is -2.62. The average molecular weight is 653 g/mol. The summed E-state index contributed by atoms with van der Waals surface area (Å²) in [6.07, 6.45) is 0.397. The molecule has 47 heavy (non-hydrogen) atoms. The van der Waals surface area contributed by atoms with Gasteiger partial charge in [0.2, 0.25) is 17.7 Å². The topological polar surface area (TPSA) is 117 Å². The van der Waals surface area contributed by atoms with Gasteiger partial charge in [0.1, 0.15) is 23.0 Å². The molecule has 2 aliphatic rings. The summed E-state index contributed by atoms with van der Waals surface area (Å²) in [5.74, 6) is -1.60. The van der Waals surface area contributed by atoms with E-state index in [2.05, 4.69) is 10.6 Å². The van der Waals surface area contributed by atoms with Crippen LogP contribution in [-0.2, 0) is 30.5 Å². The highest BCUT2D eigenvalue weighted by Gasteiger charge is 2.57. The van der Waals surface area contributed by atoms with E-state index in [0.717, 1.165) is 11.1 Å². The summed E-state index contributed by atoms with van der Waals surface area (Å²) in [4.78, 5) is 58.0. The lowest BCUT2D eigenvalue weighted by Gasteiger charge is -2.43. The van der Waals surface area contributed by atoms with Gasteiger partial charge in [-0.3, -0.25) is 14.4 Å². The van der Waals surface area contributed by atoms with Crippen molar-refractivity contribution in [2.45, 2.75) is 97.1 Å². The Hall–Kier alpha value is -3.99. The number of carbonyl (C=O) groups excluding carboxylic acids is 4. The third kappa shape index (κ3) is 8.68. The highest BCUT2D eigenvalue weighted by molar-refractivity contribution is 5.94. The summed E-state index contributed by atoms with van der Waals surface area (Å²) in [5.41, 5.74) is -1.33. The minimum Gasteiger partial charge on any atom is -0.444 e.